The first kappa shape index (κ1) is 15.3. The van der Waals surface area contributed by atoms with Crippen molar-refractivity contribution in [3.63, 3.8) is 0 Å². The summed E-state index contributed by atoms with van der Waals surface area (Å²) in [7, 11) is 3.57. The molecular weight excluding hydrogens is 262 g/mol. The Morgan fingerprint density at radius 3 is 2.43 bits per heavy atom. The fraction of sp³-hybridized carbons (Fsp3) is 0.412. The van der Waals surface area contributed by atoms with Crippen molar-refractivity contribution >= 4 is 5.91 Å². The number of rotatable bonds is 4. The predicted molar refractivity (Wildman–Crippen MR) is 84.9 cm³/mol. The molecule has 0 saturated carbocycles. The molecule has 1 heterocycles. The maximum absolute atomic E-state index is 12.2. The molecule has 0 bridgehead atoms. The Hall–Kier alpha value is -2.10. The summed E-state index contributed by atoms with van der Waals surface area (Å²) in [5, 5.41) is 4.65. The van der Waals surface area contributed by atoms with E-state index in [4.69, 9.17) is 0 Å². The second-order valence-corrected chi connectivity index (χ2v) is 6.31. The lowest BCUT2D eigenvalue weighted by Gasteiger charge is -2.26. The van der Waals surface area contributed by atoms with Gasteiger partial charge in [-0.1, -0.05) is 30.3 Å². The van der Waals surface area contributed by atoms with E-state index < -0.39 is 5.41 Å². The Kier molecular flexibility index (Phi) is 4.16. The molecule has 4 nitrogen and oxygen atoms in total. The molecule has 0 spiro atoms. The van der Waals surface area contributed by atoms with Gasteiger partial charge in [-0.3, -0.25) is 9.48 Å². The van der Waals surface area contributed by atoms with Gasteiger partial charge in [-0.15, -0.1) is 0 Å². The van der Waals surface area contributed by atoms with Gasteiger partial charge in [0.2, 0.25) is 5.91 Å². The zero-order valence-electron chi connectivity index (χ0n) is 13.4. The van der Waals surface area contributed by atoms with Crippen LogP contribution < -0.4 is 0 Å². The standard InChI is InChI=1S/C17H23N3O/c1-13-11-20(12-17(2,3)16(21)19(4)5)18-15(13)14-9-7-6-8-10-14/h6-11H,12H2,1-5H3. The summed E-state index contributed by atoms with van der Waals surface area (Å²) in [6.45, 7) is 6.52. The van der Waals surface area contributed by atoms with Gasteiger partial charge in [-0.05, 0) is 26.3 Å². The number of aromatic nitrogens is 2. The van der Waals surface area contributed by atoms with Gasteiger partial charge < -0.3 is 4.90 Å². The summed E-state index contributed by atoms with van der Waals surface area (Å²) in [5.74, 6) is 0.108. The van der Waals surface area contributed by atoms with E-state index in [-0.39, 0.29) is 5.91 Å². The number of benzene rings is 1. The summed E-state index contributed by atoms with van der Waals surface area (Å²) in [6.07, 6.45) is 2.01. The SMILES string of the molecule is Cc1cn(CC(C)(C)C(=O)N(C)C)nc1-c1ccccc1. The molecule has 0 aliphatic carbocycles. The summed E-state index contributed by atoms with van der Waals surface area (Å²) < 4.78 is 1.87. The lowest BCUT2D eigenvalue weighted by molar-refractivity contribution is -0.138. The van der Waals surface area contributed by atoms with Crippen molar-refractivity contribution < 1.29 is 4.79 Å². The van der Waals surface area contributed by atoms with Crippen molar-refractivity contribution in [1.29, 1.82) is 0 Å². The van der Waals surface area contributed by atoms with Crippen LogP contribution in [0.5, 0.6) is 0 Å². The largest absolute Gasteiger partial charge is 0.348 e. The third-order valence-corrected chi connectivity index (χ3v) is 3.53. The zero-order valence-corrected chi connectivity index (χ0v) is 13.4. The molecular formula is C17H23N3O. The summed E-state index contributed by atoms with van der Waals surface area (Å²) in [4.78, 5) is 13.8. The van der Waals surface area contributed by atoms with E-state index in [0.29, 0.717) is 6.54 Å². The van der Waals surface area contributed by atoms with Gasteiger partial charge in [-0.2, -0.15) is 5.10 Å². The summed E-state index contributed by atoms with van der Waals surface area (Å²) in [5.41, 5.74) is 2.72. The summed E-state index contributed by atoms with van der Waals surface area (Å²) >= 11 is 0. The van der Waals surface area contributed by atoms with E-state index in [1.54, 1.807) is 19.0 Å². The molecule has 0 aliphatic rings. The van der Waals surface area contributed by atoms with E-state index in [2.05, 4.69) is 17.2 Å². The molecule has 0 atom stereocenters. The highest BCUT2D eigenvalue weighted by molar-refractivity contribution is 5.81. The molecule has 112 valence electrons. The maximum Gasteiger partial charge on any atom is 0.229 e. The molecule has 4 heteroatoms. The minimum Gasteiger partial charge on any atom is -0.348 e. The highest BCUT2D eigenvalue weighted by Gasteiger charge is 2.30. The molecule has 0 fully saturated rings. The third-order valence-electron chi connectivity index (χ3n) is 3.53. The van der Waals surface area contributed by atoms with Crippen LogP contribution in [0.15, 0.2) is 36.5 Å². The third kappa shape index (κ3) is 3.32. The Bertz CT molecular complexity index is 627. The van der Waals surface area contributed by atoms with Crippen LogP contribution in [-0.4, -0.2) is 34.7 Å². The van der Waals surface area contributed by atoms with Crippen LogP contribution in [0.2, 0.25) is 0 Å². The molecule has 2 rings (SSSR count). The van der Waals surface area contributed by atoms with Crippen LogP contribution in [0, 0.1) is 12.3 Å². The molecule has 21 heavy (non-hydrogen) atoms. The van der Waals surface area contributed by atoms with Crippen molar-refractivity contribution in [3.05, 3.63) is 42.1 Å². The lowest BCUT2D eigenvalue weighted by atomic mass is 9.92. The minimum absolute atomic E-state index is 0.108. The Labute approximate surface area is 126 Å². The Morgan fingerprint density at radius 1 is 1.24 bits per heavy atom. The number of hydrogen-bond donors (Lipinski definition) is 0. The van der Waals surface area contributed by atoms with Crippen LogP contribution in [0.4, 0.5) is 0 Å². The van der Waals surface area contributed by atoms with Gasteiger partial charge in [0.15, 0.2) is 0 Å². The number of amides is 1. The molecule has 2 aromatic rings. The van der Waals surface area contributed by atoms with E-state index in [1.165, 1.54) is 0 Å². The summed E-state index contributed by atoms with van der Waals surface area (Å²) in [6, 6.07) is 10.1. The van der Waals surface area contributed by atoms with Gasteiger partial charge in [0.05, 0.1) is 17.7 Å². The molecule has 1 aromatic carbocycles. The van der Waals surface area contributed by atoms with Crippen molar-refractivity contribution in [2.45, 2.75) is 27.3 Å². The van der Waals surface area contributed by atoms with Crippen LogP contribution in [0.25, 0.3) is 11.3 Å². The number of carbonyl (C=O) groups excluding carboxylic acids is 1. The van der Waals surface area contributed by atoms with E-state index >= 15 is 0 Å². The first-order chi connectivity index (χ1) is 9.81. The first-order valence-corrected chi connectivity index (χ1v) is 7.12. The smallest absolute Gasteiger partial charge is 0.229 e. The fourth-order valence-corrected chi connectivity index (χ4v) is 2.56. The molecule has 1 aromatic heterocycles. The van der Waals surface area contributed by atoms with E-state index in [1.807, 2.05) is 49.8 Å². The fourth-order valence-electron chi connectivity index (χ4n) is 2.56. The van der Waals surface area contributed by atoms with Crippen molar-refractivity contribution in [3.8, 4) is 11.3 Å². The lowest BCUT2D eigenvalue weighted by Crippen LogP contribution is -2.39. The van der Waals surface area contributed by atoms with Crippen LogP contribution >= 0.6 is 0 Å². The monoisotopic (exact) mass is 285 g/mol. The number of aryl methyl sites for hydroxylation is 1. The predicted octanol–water partition coefficient (Wildman–Crippen LogP) is 2.97. The molecule has 0 radical (unpaired) electrons. The van der Waals surface area contributed by atoms with Crippen molar-refractivity contribution in [2.75, 3.05) is 14.1 Å². The molecule has 0 aliphatic heterocycles. The first-order valence-electron chi connectivity index (χ1n) is 7.12. The van der Waals surface area contributed by atoms with E-state index in [0.717, 1.165) is 16.8 Å². The highest BCUT2D eigenvalue weighted by Crippen LogP contribution is 2.24. The number of carbonyl (C=O) groups is 1. The molecule has 0 unspecified atom stereocenters. The van der Waals surface area contributed by atoms with Crippen LogP contribution in [-0.2, 0) is 11.3 Å². The van der Waals surface area contributed by atoms with Crippen molar-refractivity contribution in [2.24, 2.45) is 5.41 Å². The van der Waals surface area contributed by atoms with Gasteiger partial charge in [-0.25, -0.2) is 0 Å². The number of hydrogen-bond acceptors (Lipinski definition) is 2. The molecule has 1 amide bonds. The second-order valence-electron chi connectivity index (χ2n) is 6.31. The Morgan fingerprint density at radius 2 is 1.86 bits per heavy atom. The zero-order chi connectivity index (χ0) is 15.6. The number of nitrogens with zero attached hydrogens (tertiary/aromatic N) is 3. The van der Waals surface area contributed by atoms with Gasteiger partial charge >= 0.3 is 0 Å². The van der Waals surface area contributed by atoms with Crippen LogP contribution in [0.3, 0.4) is 0 Å². The van der Waals surface area contributed by atoms with Gasteiger partial charge in [0, 0.05) is 25.9 Å². The normalized spacial score (nSPS) is 11.5. The molecule has 0 N–H and O–H groups in total. The average Bonchev–Trinajstić information content (AvgIpc) is 2.78. The van der Waals surface area contributed by atoms with Gasteiger partial charge in [0.1, 0.15) is 0 Å². The minimum atomic E-state index is -0.476. The van der Waals surface area contributed by atoms with Crippen molar-refractivity contribution in [1.82, 2.24) is 14.7 Å². The van der Waals surface area contributed by atoms with Gasteiger partial charge in [0.25, 0.3) is 0 Å². The van der Waals surface area contributed by atoms with E-state index in [9.17, 15) is 4.79 Å². The quantitative estimate of drug-likeness (QED) is 0.866. The van der Waals surface area contributed by atoms with Crippen LogP contribution in [0.1, 0.15) is 19.4 Å². The molecule has 0 saturated heterocycles. The topological polar surface area (TPSA) is 38.1 Å². The Balaban J connectivity index is 2.26. The maximum atomic E-state index is 12.2. The highest BCUT2D eigenvalue weighted by atomic mass is 16.2. The average molecular weight is 285 g/mol. The second kappa shape index (κ2) is 5.72.